The fourth-order valence-electron chi connectivity index (χ4n) is 2.00. The Hall–Kier alpha value is -2.09. The highest BCUT2D eigenvalue weighted by molar-refractivity contribution is 7.89. The van der Waals surface area contributed by atoms with Crippen molar-refractivity contribution in [3.05, 3.63) is 59.1 Å². The molecule has 0 spiro atoms. The van der Waals surface area contributed by atoms with Crippen LogP contribution in [0.1, 0.15) is 5.56 Å². The van der Waals surface area contributed by atoms with Crippen LogP contribution in [0.4, 0.5) is 5.69 Å². The van der Waals surface area contributed by atoms with Crippen molar-refractivity contribution in [3.8, 4) is 0 Å². The van der Waals surface area contributed by atoms with Crippen LogP contribution < -0.4 is 15.8 Å². The molecule has 1 amide bonds. The lowest BCUT2D eigenvalue weighted by atomic mass is 10.1. The number of halogens is 1. The minimum Gasteiger partial charge on any atom is -0.376 e. The van der Waals surface area contributed by atoms with Crippen molar-refractivity contribution in [2.75, 3.05) is 18.4 Å². The molecule has 0 bridgehead atoms. The van der Waals surface area contributed by atoms with Crippen molar-refractivity contribution in [1.82, 2.24) is 5.32 Å². The number of primary sulfonamides is 1. The van der Waals surface area contributed by atoms with E-state index in [9.17, 15) is 13.2 Å². The van der Waals surface area contributed by atoms with Crippen molar-refractivity contribution >= 4 is 33.2 Å². The molecule has 2 aromatic rings. The Morgan fingerprint density at radius 3 is 2.25 bits per heavy atom. The van der Waals surface area contributed by atoms with E-state index < -0.39 is 10.0 Å². The zero-order valence-corrected chi connectivity index (χ0v) is 14.4. The number of carbonyl (C=O) groups excluding carboxylic acids is 1. The van der Waals surface area contributed by atoms with Gasteiger partial charge in [0.2, 0.25) is 15.9 Å². The van der Waals surface area contributed by atoms with E-state index in [0.29, 0.717) is 18.0 Å². The first kappa shape index (κ1) is 18.3. The van der Waals surface area contributed by atoms with Gasteiger partial charge in [-0.05, 0) is 48.4 Å². The number of rotatable bonds is 7. The van der Waals surface area contributed by atoms with Crippen LogP contribution in [-0.2, 0) is 21.2 Å². The number of nitrogens with two attached hydrogens (primary N) is 1. The maximum atomic E-state index is 11.8. The Morgan fingerprint density at radius 2 is 1.67 bits per heavy atom. The molecule has 2 aromatic carbocycles. The minimum absolute atomic E-state index is 0.0717. The summed E-state index contributed by atoms with van der Waals surface area (Å²) in [6, 6.07) is 13.3. The fourth-order valence-corrected chi connectivity index (χ4v) is 2.65. The predicted molar refractivity (Wildman–Crippen MR) is 94.5 cm³/mol. The van der Waals surface area contributed by atoms with E-state index in [1.807, 2.05) is 0 Å². The molecule has 24 heavy (non-hydrogen) atoms. The molecule has 0 aliphatic heterocycles. The van der Waals surface area contributed by atoms with E-state index in [-0.39, 0.29) is 17.3 Å². The van der Waals surface area contributed by atoms with Crippen LogP contribution in [0.3, 0.4) is 0 Å². The molecule has 8 heteroatoms. The average Bonchev–Trinajstić information content (AvgIpc) is 2.54. The van der Waals surface area contributed by atoms with E-state index in [2.05, 4.69) is 10.6 Å². The van der Waals surface area contributed by atoms with Gasteiger partial charge in [0.05, 0.1) is 11.4 Å². The zero-order chi connectivity index (χ0) is 17.6. The van der Waals surface area contributed by atoms with Gasteiger partial charge < -0.3 is 10.6 Å². The third kappa shape index (κ3) is 5.84. The van der Waals surface area contributed by atoms with Crippen LogP contribution in [0.25, 0.3) is 0 Å². The second-order valence-corrected chi connectivity index (χ2v) is 7.15. The molecule has 6 nitrogen and oxygen atoms in total. The maximum Gasteiger partial charge on any atom is 0.239 e. The van der Waals surface area contributed by atoms with Crippen LogP contribution in [0.15, 0.2) is 53.4 Å². The first-order valence-electron chi connectivity index (χ1n) is 7.22. The van der Waals surface area contributed by atoms with Gasteiger partial charge in [-0.25, -0.2) is 13.6 Å². The third-order valence-corrected chi connectivity index (χ3v) is 4.47. The number of hydrogen-bond donors (Lipinski definition) is 3. The molecule has 0 atom stereocenters. The lowest BCUT2D eigenvalue weighted by molar-refractivity contribution is -0.119. The largest absolute Gasteiger partial charge is 0.376 e. The highest BCUT2D eigenvalue weighted by atomic mass is 35.5. The van der Waals surface area contributed by atoms with E-state index in [0.717, 1.165) is 11.3 Å². The molecule has 0 radical (unpaired) electrons. The van der Waals surface area contributed by atoms with Crippen LogP contribution >= 0.6 is 11.6 Å². The Bertz CT molecular complexity index is 790. The van der Waals surface area contributed by atoms with E-state index in [4.69, 9.17) is 16.7 Å². The van der Waals surface area contributed by atoms with Crippen LogP contribution in [0, 0.1) is 0 Å². The molecule has 0 heterocycles. The fraction of sp³-hybridized carbons (Fsp3) is 0.188. The van der Waals surface area contributed by atoms with E-state index in [1.54, 1.807) is 36.4 Å². The summed E-state index contributed by atoms with van der Waals surface area (Å²) in [5.41, 5.74) is 1.72. The van der Waals surface area contributed by atoms with Gasteiger partial charge in [0.25, 0.3) is 0 Å². The highest BCUT2D eigenvalue weighted by Crippen LogP contribution is 2.13. The molecular weight excluding hydrogens is 350 g/mol. The average molecular weight is 368 g/mol. The van der Waals surface area contributed by atoms with Crippen LogP contribution in [0.2, 0.25) is 5.02 Å². The zero-order valence-electron chi connectivity index (χ0n) is 12.8. The SMILES string of the molecule is NS(=O)(=O)c1ccc(CCNC(=O)CNc2ccc(Cl)cc2)cc1. The number of nitrogens with one attached hydrogen (secondary N) is 2. The monoisotopic (exact) mass is 367 g/mol. The number of anilines is 1. The van der Waals surface area contributed by atoms with Crippen molar-refractivity contribution in [2.45, 2.75) is 11.3 Å². The van der Waals surface area contributed by atoms with Crippen LogP contribution in [-0.4, -0.2) is 27.4 Å². The van der Waals surface area contributed by atoms with Crippen molar-refractivity contribution in [1.29, 1.82) is 0 Å². The van der Waals surface area contributed by atoms with Gasteiger partial charge in [0.1, 0.15) is 0 Å². The number of hydrogen-bond acceptors (Lipinski definition) is 4. The summed E-state index contributed by atoms with van der Waals surface area (Å²) in [6.45, 7) is 0.613. The van der Waals surface area contributed by atoms with Gasteiger partial charge in [-0.3, -0.25) is 4.79 Å². The van der Waals surface area contributed by atoms with Gasteiger partial charge in [0, 0.05) is 17.3 Å². The molecule has 128 valence electrons. The van der Waals surface area contributed by atoms with Gasteiger partial charge in [-0.1, -0.05) is 23.7 Å². The summed E-state index contributed by atoms with van der Waals surface area (Å²) < 4.78 is 22.3. The molecule has 0 aliphatic rings. The second kappa shape index (κ2) is 8.14. The van der Waals surface area contributed by atoms with E-state index in [1.165, 1.54) is 12.1 Å². The molecule has 0 aliphatic carbocycles. The molecule has 0 saturated heterocycles. The minimum atomic E-state index is -3.68. The highest BCUT2D eigenvalue weighted by Gasteiger charge is 2.07. The Balaban J connectivity index is 1.73. The van der Waals surface area contributed by atoms with Gasteiger partial charge >= 0.3 is 0 Å². The summed E-state index contributed by atoms with van der Waals surface area (Å²) in [5.74, 6) is -0.133. The van der Waals surface area contributed by atoms with Crippen molar-refractivity contribution < 1.29 is 13.2 Å². The Morgan fingerprint density at radius 1 is 1.04 bits per heavy atom. The molecule has 0 unspecified atom stereocenters. The summed E-state index contributed by atoms with van der Waals surface area (Å²) in [6.07, 6.45) is 0.595. The Kier molecular flexibility index (Phi) is 6.19. The molecule has 0 saturated carbocycles. The molecule has 4 N–H and O–H groups in total. The first-order chi connectivity index (χ1) is 11.3. The maximum absolute atomic E-state index is 11.8. The molecule has 0 fully saturated rings. The first-order valence-corrected chi connectivity index (χ1v) is 9.15. The van der Waals surface area contributed by atoms with Crippen molar-refractivity contribution in [3.63, 3.8) is 0 Å². The topological polar surface area (TPSA) is 101 Å². The lowest BCUT2D eigenvalue weighted by Crippen LogP contribution is -2.31. The summed E-state index contributed by atoms with van der Waals surface area (Å²) >= 11 is 5.79. The smallest absolute Gasteiger partial charge is 0.239 e. The number of sulfonamides is 1. The summed E-state index contributed by atoms with van der Waals surface area (Å²) in [7, 11) is -3.68. The van der Waals surface area contributed by atoms with Crippen molar-refractivity contribution in [2.24, 2.45) is 5.14 Å². The Labute approximate surface area is 146 Å². The van der Waals surface area contributed by atoms with Gasteiger partial charge in [-0.15, -0.1) is 0 Å². The molecular formula is C16H18ClN3O3S. The lowest BCUT2D eigenvalue weighted by Gasteiger charge is -2.08. The van der Waals surface area contributed by atoms with Gasteiger partial charge in [-0.2, -0.15) is 0 Å². The predicted octanol–water partition coefficient (Wildman–Crippen LogP) is 1.76. The summed E-state index contributed by atoms with van der Waals surface area (Å²) in [5, 5.41) is 11.5. The quantitative estimate of drug-likeness (QED) is 0.694. The standard InChI is InChI=1S/C16H18ClN3O3S/c17-13-3-5-14(6-4-13)20-11-16(21)19-10-9-12-1-7-15(8-2-12)24(18,22)23/h1-8,20H,9-11H2,(H,19,21)(H2,18,22,23). The number of amides is 1. The number of benzene rings is 2. The molecule has 2 rings (SSSR count). The van der Waals surface area contributed by atoms with E-state index >= 15 is 0 Å². The van der Waals surface area contributed by atoms with Crippen LogP contribution in [0.5, 0.6) is 0 Å². The summed E-state index contributed by atoms with van der Waals surface area (Å²) in [4.78, 5) is 11.8. The third-order valence-electron chi connectivity index (χ3n) is 3.29. The molecule has 0 aromatic heterocycles. The van der Waals surface area contributed by atoms with Gasteiger partial charge in [0.15, 0.2) is 0 Å². The normalized spacial score (nSPS) is 11.1. The number of carbonyl (C=O) groups is 1. The second-order valence-electron chi connectivity index (χ2n) is 5.15.